The third kappa shape index (κ3) is 3.61. The number of rotatable bonds is 9. The Bertz CT molecular complexity index is 693. The lowest BCUT2D eigenvalue weighted by Gasteiger charge is -2.43. The van der Waals surface area contributed by atoms with Crippen LogP contribution in [0.2, 0.25) is 0 Å². The summed E-state index contributed by atoms with van der Waals surface area (Å²) in [6.45, 7) is 17.2. The molecule has 1 aliphatic carbocycles. The highest BCUT2D eigenvalue weighted by Crippen LogP contribution is 2.66. The average molecular weight is 479 g/mol. The van der Waals surface area contributed by atoms with Gasteiger partial charge in [0.15, 0.2) is 0 Å². The van der Waals surface area contributed by atoms with Crippen LogP contribution in [0.25, 0.3) is 0 Å². The Morgan fingerprint density at radius 3 is 2.50 bits per heavy atom. The second-order valence-electron chi connectivity index (χ2n) is 11.1. The number of quaternary nitrogens is 1. The Hall–Kier alpha value is -0.380. The molecule has 170 valence electrons. The molecule has 0 N–H and O–H groups in total. The van der Waals surface area contributed by atoms with E-state index in [0.717, 1.165) is 18.4 Å². The van der Waals surface area contributed by atoms with Crippen molar-refractivity contribution in [2.24, 2.45) is 23.7 Å². The molecule has 2 nitrogen and oxygen atoms in total. The Morgan fingerprint density at radius 1 is 1.10 bits per heavy atom. The SMILES string of the molecule is CCCCCC[N@@+]12C[C@@H](C)[C@@H]3CC[C@@H]([C@@]31C)[C@@](OCc1ccccc1)(C(C)C)C2.[Br-]. The maximum Gasteiger partial charge on any atom is 0.128 e. The summed E-state index contributed by atoms with van der Waals surface area (Å²) < 4.78 is 8.39. The van der Waals surface area contributed by atoms with E-state index in [4.69, 9.17) is 4.74 Å². The van der Waals surface area contributed by atoms with Gasteiger partial charge in [0.2, 0.25) is 0 Å². The van der Waals surface area contributed by atoms with E-state index in [2.05, 4.69) is 65.0 Å². The molecule has 3 fully saturated rings. The fraction of sp³-hybridized carbons (Fsp3) is 0.778. The Morgan fingerprint density at radius 2 is 1.83 bits per heavy atom. The molecule has 0 unspecified atom stereocenters. The average Bonchev–Trinajstić information content (AvgIpc) is 3.25. The zero-order valence-corrected chi connectivity index (χ0v) is 21.6. The predicted octanol–water partition coefficient (Wildman–Crippen LogP) is 3.45. The zero-order valence-electron chi connectivity index (χ0n) is 20.0. The fourth-order valence-corrected chi connectivity index (χ4v) is 8.11. The summed E-state index contributed by atoms with van der Waals surface area (Å²) in [5, 5.41) is 0. The molecular formula is C27H44BrNO. The molecule has 0 radical (unpaired) electrons. The van der Waals surface area contributed by atoms with Crippen LogP contribution in [0.3, 0.4) is 0 Å². The van der Waals surface area contributed by atoms with Crippen molar-refractivity contribution in [3.63, 3.8) is 0 Å². The highest BCUT2D eigenvalue weighted by Gasteiger charge is 2.77. The maximum atomic E-state index is 7.04. The molecule has 3 heteroatoms. The monoisotopic (exact) mass is 477 g/mol. The van der Waals surface area contributed by atoms with Gasteiger partial charge in [-0.2, -0.15) is 0 Å². The number of hydrogen-bond acceptors (Lipinski definition) is 1. The summed E-state index contributed by atoms with van der Waals surface area (Å²) in [4.78, 5) is 0. The van der Waals surface area contributed by atoms with Crippen LogP contribution in [0.5, 0.6) is 0 Å². The van der Waals surface area contributed by atoms with Crippen molar-refractivity contribution in [3.8, 4) is 0 Å². The first kappa shape index (κ1) is 24.3. The van der Waals surface area contributed by atoms with E-state index in [1.165, 1.54) is 68.2 Å². The van der Waals surface area contributed by atoms with Gasteiger partial charge in [0.1, 0.15) is 17.7 Å². The first-order valence-corrected chi connectivity index (χ1v) is 12.4. The smallest absolute Gasteiger partial charge is 0.128 e. The van der Waals surface area contributed by atoms with Gasteiger partial charge in [-0.25, -0.2) is 0 Å². The normalized spacial score (nSPS) is 39.3. The largest absolute Gasteiger partial charge is 1.00 e. The quantitative estimate of drug-likeness (QED) is 0.390. The van der Waals surface area contributed by atoms with Gasteiger partial charge in [0.25, 0.3) is 0 Å². The van der Waals surface area contributed by atoms with Crippen LogP contribution >= 0.6 is 0 Å². The Balaban J connectivity index is 0.00000256. The lowest BCUT2D eigenvalue weighted by molar-refractivity contribution is -0.956. The topological polar surface area (TPSA) is 9.23 Å². The van der Waals surface area contributed by atoms with E-state index in [1.54, 1.807) is 0 Å². The van der Waals surface area contributed by atoms with Gasteiger partial charge in [-0.1, -0.05) is 70.9 Å². The van der Waals surface area contributed by atoms with E-state index in [9.17, 15) is 0 Å². The first-order valence-electron chi connectivity index (χ1n) is 12.4. The van der Waals surface area contributed by atoms with E-state index < -0.39 is 0 Å². The molecule has 0 amide bonds. The number of hydrogen-bond donors (Lipinski definition) is 0. The molecular weight excluding hydrogens is 434 g/mol. The van der Waals surface area contributed by atoms with Crippen molar-refractivity contribution in [2.45, 2.75) is 90.9 Å². The molecule has 2 aliphatic heterocycles. The van der Waals surface area contributed by atoms with Gasteiger partial charge in [0, 0.05) is 17.8 Å². The molecule has 0 aromatic heterocycles. The molecule has 4 rings (SSSR count). The zero-order chi connectivity index (χ0) is 20.7. The number of nitrogens with zero attached hydrogens (tertiary/aromatic N) is 1. The molecule has 0 bridgehead atoms. The first-order chi connectivity index (χ1) is 13.9. The summed E-state index contributed by atoms with van der Waals surface area (Å²) >= 11 is 0. The van der Waals surface area contributed by atoms with E-state index >= 15 is 0 Å². The van der Waals surface area contributed by atoms with Crippen LogP contribution in [0.4, 0.5) is 0 Å². The van der Waals surface area contributed by atoms with Gasteiger partial charge >= 0.3 is 0 Å². The van der Waals surface area contributed by atoms with Crippen molar-refractivity contribution in [3.05, 3.63) is 35.9 Å². The summed E-state index contributed by atoms with van der Waals surface area (Å²) in [6.07, 6.45) is 8.29. The number of halogens is 1. The molecule has 1 aromatic carbocycles. The summed E-state index contributed by atoms with van der Waals surface area (Å²) in [6, 6.07) is 10.8. The second-order valence-corrected chi connectivity index (χ2v) is 11.1. The van der Waals surface area contributed by atoms with Gasteiger partial charge in [-0.3, -0.25) is 0 Å². The number of unbranched alkanes of at least 4 members (excludes halogenated alkanes) is 3. The summed E-state index contributed by atoms with van der Waals surface area (Å²) in [5.74, 6) is 3.04. The summed E-state index contributed by atoms with van der Waals surface area (Å²) in [5.41, 5.74) is 1.78. The summed E-state index contributed by atoms with van der Waals surface area (Å²) in [7, 11) is 0. The van der Waals surface area contributed by atoms with E-state index in [1.807, 2.05) is 0 Å². The van der Waals surface area contributed by atoms with Crippen molar-refractivity contribution < 1.29 is 26.2 Å². The minimum atomic E-state index is 0. The lowest BCUT2D eigenvalue weighted by Crippen LogP contribution is -3.00. The van der Waals surface area contributed by atoms with Gasteiger partial charge in [0.05, 0.1) is 19.7 Å². The van der Waals surface area contributed by atoms with Crippen LogP contribution in [-0.2, 0) is 11.3 Å². The minimum absolute atomic E-state index is 0. The highest BCUT2D eigenvalue weighted by molar-refractivity contribution is 5.18. The van der Waals surface area contributed by atoms with Crippen molar-refractivity contribution >= 4 is 0 Å². The molecule has 1 aromatic rings. The maximum absolute atomic E-state index is 7.04. The lowest BCUT2D eigenvalue weighted by atomic mass is 9.72. The molecule has 2 saturated heterocycles. The highest BCUT2D eigenvalue weighted by atomic mass is 79.9. The Kier molecular flexibility index (Phi) is 7.47. The van der Waals surface area contributed by atoms with E-state index in [0.29, 0.717) is 17.4 Å². The molecule has 30 heavy (non-hydrogen) atoms. The molecule has 2 heterocycles. The molecule has 0 spiro atoms. The fourth-order valence-electron chi connectivity index (χ4n) is 8.11. The number of benzene rings is 1. The van der Waals surface area contributed by atoms with Crippen LogP contribution < -0.4 is 17.0 Å². The Labute approximate surface area is 196 Å². The standard InChI is InChI=1S/C27H44NO.BrH/c1-6-7-8-12-17-28-18-22(4)24-15-16-25(26(24,28)5)27(20-28,21(2)3)29-19-23-13-10-9-11-14-23;/h9-11,13-14,21-22,24-25H,6-8,12,15-20H2,1-5H3;1H/q+1;/p-1/t22-,24+,25+,26-,27+,28+;/m1./s1. The van der Waals surface area contributed by atoms with Gasteiger partial charge < -0.3 is 26.2 Å². The number of ether oxygens (including phenoxy) is 1. The third-order valence-electron chi connectivity index (χ3n) is 9.48. The molecule has 1 saturated carbocycles. The van der Waals surface area contributed by atoms with Crippen molar-refractivity contribution in [2.75, 3.05) is 19.6 Å². The van der Waals surface area contributed by atoms with Crippen LogP contribution in [0.15, 0.2) is 30.3 Å². The second kappa shape index (κ2) is 9.24. The van der Waals surface area contributed by atoms with E-state index in [-0.39, 0.29) is 22.6 Å². The minimum Gasteiger partial charge on any atom is -1.00 e. The van der Waals surface area contributed by atoms with Crippen LogP contribution in [0, 0.1) is 23.7 Å². The van der Waals surface area contributed by atoms with Crippen molar-refractivity contribution in [1.82, 2.24) is 0 Å². The van der Waals surface area contributed by atoms with Crippen LogP contribution in [-0.4, -0.2) is 35.3 Å². The van der Waals surface area contributed by atoms with Crippen LogP contribution in [0.1, 0.15) is 78.7 Å². The molecule has 3 aliphatic rings. The predicted molar refractivity (Wildman–Crippen MR) is 122 cm³/mol. The van der Waals surface area contributed by atoms with Gasteiger partial charge in [-0.15, -0.1) is 0 Å². The van der Waals surface area contributed by atoms with Gasteiger partial charge in [-0.05, 0) is 44.1 Å². The molecule has 6 atom stereocenters. The van der Waals surface area contributed by atoms with Crippen molar-refractivity contribution in [1.29, 1.82) is 0 Å². The third-order valence-corrected chi connectivity index (χ3v) is 9.48.